The number of likely N-dealkylation sites (tertiary alicyclic amines) is 1. The highest BCUT2D eigenvalue weighted by atomic mass is 16.5. The first-order valence-electron chi connectivity index (χ1n) is 8.33. The molecule has 2 rings (SSSR count). The third-order valence-electron chi connectivity index (χ3n) is 4.21. The van der Waals surface area contributed by atoms with Crippen LogP contribution in [0.3, 0.4) is 0 Å². The zero-order valence-electron chi connectivity index (χ0n) is 14.1. The molecule has 0 saturated carbocycles. The Bertz CT molecular complexity index is 560. The van der Waals surface area contributed by atoms with Gasteiger partial charge in [0.1, 0.15) is 12.4 Å². The molecule has 1 heterocycles. The molecule has 1 unspecified atom stereocenters. The van der Waals surface area contributed by atoms with E-state index in [2.05, 4.69) is 0 Å². The highest BCUT2D eigenvalue weighted by Gasteiger charge is 2.25. The summed E-state index contributed by atoms with van der Waals surface area (Å²) in [6.45, 7) is 2.28. The van der Waals surface area contributed by atoms with Crippen molar-refractivity contribution in [2.24, 2.45) is 5.92 Å². The van der Waals surface area contributed by atoms with Crippen molar-refractivity contribution in [1.82, 2.24) is 4.90 Å². The smallest absolute Gasteiger partial charge is 0.303 e. The van der Waals surface area contributed by atoms with Gasteiger partial charge in [0.2, 0.25) is 0 Å². The molecule has 132 valence electrons. The second kappa shape index (κ2) is 9.27. The lowest BCUT2D eigenvalue weighted by atomic mass is 9.93. The molecule has 6 heteroatoms. The van der Waals surface area contributed by atoms with E-state index in [0.717, 1.165) is 19.4 Å². The maximum absolute atomic E-state index is 12.7. The molecular formula is C18H25NO5. The average Bonchev–Trinajstić information content (AvgIpc) is 2.60. The van der Waals surface area contributed by atoms with Crippen LogP contribution in [0.5, 0.6) is 5.75 Å². The fourth-order valence-corrected chi connectivity index (χ4v) is 2.96. The third-order valence-corrected chi connectivity index (χ3v) is 4.21. The Balaban J connectivity index is 1.94. The summed E-state index contributed by atoms with van der Waals surface area (Å²) in [4.78, 5) is 25.2. The summed E-state index contributed by atoms with van der Waals surface area (Å²) >= 11 is 0. The van der Waals surface area contributed by atoms with Crippen molar-refractivity contribution in [2.45, 2.75) is 25.7 Å². The fourth-order valence-electron chi connectivity index (χ4n) is 2.96. The molecule has 0 aromatic heterocycles. The van der Waals surface area contributed by atoms with Gasteiger partial charge in [-0.15, -0.1) is 0 Å². The highest BCUT2D eigenvalue weighted by Crippen LogP contribution is 2.23. The molecule has 1 N–H and O–H groups in total. The average molecular weight is 335 g/mol. The number of aliphatic carboxylic acids is 1. The molecule has 1 saturated heterocycles. The van der Waals surface area contributed by atoms with Crippen LogP contribution in [0, 0.1) is 5.92 Å². The lowest BCUT2D eigenvalue weighted by Crippen LogP contribution is -2.40. The van der Waals surface area contributed by atoms with E-state index in [1.54, 1.807) is 25.3 Å². The molecule has 6 nitrogen and oxygen atoms in total. The number of carbonyl (C=O) groups is 2. The van der Waals surface area contributed by atoms with Crippen LogP contribution in [0.1, 0.15) is 36.0 Å². The molecule has 0 spiro atoms. The van der Waals surface area contributed by atoms with Gasteiger partial charge in [0.15, 0.2) is 0 Å². The summed E-state index contributed by atoms with van der Waals surface area (Å²) in [6, 6.07) is 7.16. The van der Waals surface area contributed by atoms with E-state index in [1.165, 1.54) is 0 Å². The molecule has 1 aromatic carbocycles. The number of methoxy groups -OCH3 is 1. The lowest BCUT2D eigenvalue weighted by molar-refractivity contribution is -0.137. The second-order valence-corrected chi connectivity index (χ2v) is 6.06. The first-order chi connectivity index (χ1) is 11.6. The Labute approximate surface area is 142 Å². The number of piperidine rings is 1. The summed E-state index contributed by atoms with van der Waals surface area (Å²) in [7, 11) is 1.61. The van der Waals surface area contributed by atoms with Gasteiger partial charge in [-0.05, 0) is 43.4 Å². The van der Waals surface area contributed by atoms with E-state index in [0.29, 0.717) is 37.5 Å². The number of benzene rings is 1. The highest BCUT2D eigenvalue weighted by molar-refractivity contribution is 5.94. The molecule has 1 aliphatic heterocycles. The second-order valence-electron chi connectivity index (χ2n) is 6.06. The molecule has 1 fully saturated rings. The van der Waals surface area contributed by atoms with E-state index in [9.17, 15) is 9.59 Å². The summed E-state index contributed by atoms with van der Waals surface area (Å²) < 4.78 is 10.5. The number of rotatable bonds is 8. The number of nitrogens with zero attached hydrogens (tertiary/aromatic N) is 1. The Morgan fingerprint density at radius 2 is 2.17 bits per heavy atom. The normalized spacial score (nSPS) is 17.5. The maximum atomic E-state index is 12.7. The standard InChI is InChI=1S/C18H25NO5/c1-23-10-11-24-16-6-2-5-15(12-16)18(22)19-9-3-4-14(13-19)7-8-17(20)21/h2,5-6,12,14H,3-4,7-11,13H2,1H3,(H,20,21). The third kappa shape index (κ3) is 5.53. The number of carbonyl (C=O) groups excluding carboxylic acids is 1. The van der Waals surface area contributed by atoms with Crippen LogP contribution in [0.15, 0.2) is 24.3 Å². The lowest BCUT2D eigenvalue weighted by Gasteiger charge is -2.32. The Kier molecular flexibility index (Phi) is 7.06. The van der Waals surface area contributed by atoms with Crippen LogP contribution in [0.2, 0.25) is 0 Å². The van der Waals surface area contributed by atoms with E-state index in [1.807, 2.05) is 11.0 Å². The maximum Gasteiger partial charge on any atom is 0.303 e. The molecule has 1 atom stereocenters. The molecule has 1 amide bonds. The van der Waals surface area contributed by atoms with Gasteiger partial charge in [-0.3, -0.25) is 9.59 Å². The minimum Gasteiger partial charge on any atom is -0.491 e. The van der Waals surface area contributed by atoms with Gasteiger partial charge in [0.05, 0.1) is 6.61 Å². The van der Waals surface area contributed by atoms with Gasteiger partial charge >= 0.3 is 5.97 Å². The topological polar surface area (TPSA) is 76.1 Å². The summed E-state index contributed by atoms with van der Waals surface area (Å²) in [5.74, 6) is 0.115. The van der Waals surface area contributed by atoms with Crippen molar-refractivity contribution >= 4 is 11.9 Å². The van der Waals surface area contributed by atoms with Gasteiger partial charge in [0.25, 0.3) is 5.91 Å². The first-order valence-corrected chi connectivity index (χ1v) is 8.33. The summed E-state index contributed by atoms with van der Waals surface area (Å²) in [6.07, 6.45) is 2.69. The zero-order valence-corrected chi connectivity index (χ0v) is 14.1. The van der Waals surface area contributed by atoms with Crippen LogP contribution in [-0.4, -0.2) is 55.3 Å². The summed E-state index contributed by atoms with van der Waals surface area (Å²) in [5.41, 5.74) is 0.601. The van der Waals surface area contributed by atoms with Crippen molar-refractivity contribution in [2.75, 3.05) is 33.4 Å². The van der Waals surface area contributed by atoms with Crippen molar-refractivity contribution in [3.8, 4) is 5.75 Å². The van der Waals surface area contributed by atoms with Crippen LogP contribution in [-0.2, 0) is 9.53 Å². The van der Waals surface area contributed by atoms with Gasteiger partial charge in [-0.1, -0.05) is 6.07 Å². The van der Waals surface area contributed by atoms with Gasteiger partial charge in [-0.25, -0.2) is 0 Å². The SMILES string of the molecule is COCCOc1cccc(C(=O)N2CCCC(CCC(=O)O)C2)c1. The minimum absolute atomic E-state index is 0.0211. The van der Waals surface area contributed by atoms with Crippen molar-refractivity contribution < 1.29 is 24.2 Å². The molecule has 1 aromatic rings. The van der Waals surface area contributed by atoms with Gasteiger partial charge in [0, 0.05) is 32.2 Å². The van der Waals surface area contributed by atoms with E-state index in [-0.39, 0.29) is 18.2 Å². The monoisotopic (exact) mass is 335 g/mol. The molecule has 0 radical (unpaired) electrons. The number of hydrogen-bond acceptors (Lipinski definition) is 4. The van der Waals surface area contributed by atoms with Crippen molar-refractivity contribution in [3.05, 3.63) is 29.8 Å². The van der Waals surface area contributed by atoms with Gasteiger partial charge < -0.3 is 19.5 Å². The largest absolute Gasteiger partial charge is 0.491 e. The number of amides is 1. The van der Waals surface area contributed by atoms with E-state index in [4.69, 9.17) is 14.6 Å². The van der Waals surface area contributed by atoms with Crippen LogP contribution in [0.4, 0.5) is 0 Å². The summed E-state index contributed by atoms with van der Waals surface area (Å²) in [5, 5.41) is 8.81. The Morgan fingerprint density at radius 3 is 2.92 bits per heavy atom. The van der Waals surface area contributed by atoms with Crippen molar-refractivity contribution in [3.63, 3.8) is 0 Å². The van der Waals surface area contributed by atoms with Crippen LogP contribution < -0.4 is 4.74 Å². The Hall–Kier alpha value is -2.08. The predicted octanol–water partition coefficient (Wildman–Crippen LogP) is 2.43. The first kappa shape index (κ1) is 18.3. The zero-order chi connectivity index (χ0) is 17.4. The van der Waals surface area contributed by atoms with Crippen molar-refractivity contribution in [1.29, 1.82) is 0 Å². The van der Waals surface area contributed by atoms with E-state index >= 15 is 0 Å². The number of ether oxygens (including phenoxy) is 2. The van der Waals surface area contributed by atoms with Crippen LogP contribution >= 0.6 is 0 Å². The van der Waals surface area contributed by atoms with E-state index < -0.39 is 5.97 Å². The number of carboxylic acids is 1. The molecule has 0 bridgehead atoms. The quantitative estimate of drug-likeness (QED) is 0.739. The van der Waals surface area contributed by atoms with Gasteiger partial charge in [-0.2, -0.15) is 0 Å². The molecule has 24 heavy (non-hydrogen) atoms. The Morgan fingerprint density at radius 1 is 1.33 bits per heavy atom. The molecule has 1 aliphatic rings. The van der Waals surface area contributed by atoms with Crippen LogP contribution in [0.25, 0.3) is 0 Å². The fraction of sp³-hybridized carbons (Fsp3) is 0.556. The minimum atomic E-state index is -0.778. The number of hydrogen-bond donors (Lipinski definition) is 1. The predicted molar refractivity (Wildman–Crippen MR) is 89.3 cm³/mol. The number of carboxylic acid groups (broad SMARTS) is 1. The molecular weight excluding hydrogens is 310 g/mol. The molecule has 0 aliphatic carbocycles.